The number of aromatic amines is 1. The molecule has 32 heavy (non-hydrogen) atoms. The fourth-order valence-electron chi connectivity index (χ4n) is 4.10. The number of carboxylic acids is 1. The standard InChI is InChI=1S/C22H23N3O6S/c1-2-32(30,31)25-12-6-8-16-14(10-12)15(22(29)24-16)11-18-13(7-9-20(27)28)21-17(23-18)4-3-5-19(21)26/h6,8,10-11,23,25H,2-5,7,9H2,1H3,(H,24,29)(H,27,28)/b15-11-. The molecule has 0 atom stereocenters. The van der Waals surface area contributed by atoms with Gasteiger partial charge in [0.1, 0.15) is 0 Å². The van der Waals surface area contributed by atoms with E-state index in [0.29, 0.717) is 58.6 Å². The van der Waals surface area contributed by atoms with Crippen molar-refractivity contribution in [2.24, 2.45) is 0 Å². The van der Waals surface area contributed by atoms with E-state index in [2.05, 4.69) is 15.0 Å². The molecule has 0 fully saturated rings. The topological polar surface area (TPSA) is 145 Å². The van der Waals surface area contributed by atoms with E-state index in [1.807, 2.05) is 0 Å². The van der Waals surface area contributed by atoms with Gasteiger partial charge >= 0.3 is 5.97 Å². The van der Waals surface area contributed by atoms with E-state index in [0.717, 1.165) is 5.69 Å². The van der Waals surface area contributed by atoms with Crippen LogP contribution >= 0.6 is 0 Å². The van der Waals surface area contributed by atoms with Gasteiger partial charge in [-0.2, -0.15) is 0 Å². The number of carbonyl (C=O) groups is 3. The van der Waals surface area contributed by atoms with Crippen molar-refractivity contribution < 1.29 is 27.9 Å². The predicted molar refractivity (Wildman–Crippen MR) is 120 cm³/mol. The van der Waals surface area contributed by atoms with Gasteiger partial charge in [-0.15, -0.1) is 0 Å². The number of benzene rings is 1. The highest BCUT2D eigenvalue weighted by Crippen LogP contribution is 2.37. The minimum absolute atomic E-state index is 0.0277. The molecule has 1 amide bonds. The number of anilines is 2. The molecule has 0 saturated carbocycles. The Hall–Kier alpha value is -3.40. The van der Waals surface area contributed by atoms with E-state index in [4.69, 9.17) is 5.11 Å². The molecule has 1 aromatic carbocycles. The molecule has 1 aliphatic heterocycles. The Balaban J connectivity index is 1.79. The van der Waals surface area contributed by atoms with Crippen molar-refractivity contribution in [1.82, 2.24) is 4.98 Å². The van der Waals surface area contributed by atoms with Crippen LogP contribution in [0.15, 0.2) is 18.2 Å². The van der Waals surface area contributed by atoms with Crippen LogP contribution in [-0.2, 0) is 32.5 Å². The quantitative estimate of drug-likeness (QED) is 0.470. The first-order valence-electron chi connectivity index (χ1n) is 10.3. The number of ketones is 1. The van der Waals surface area contributed by atoms with Crippen molar-refractivity contribution in [3.8, 4) is 0 Å². The number of carboxylic acid groups (broad SMARTS) is 1. The zero-order valence-corrected chi connectivity index (χ0v) is 18.3. The van der Waals surface area contributed by atoms with Gasteiger partial charge in [0.05, 0.1) is 11.3 Å². The fourth-order valence-corrected chi connectivity index (χ4v) is 4.73. The number of H-pyrrole nitrogens is 1. The molecule has 4 N–H and O–H groups in total. The molecule has 2 heterocycles. The smallest absolute Gasteiger partial charge is 0.303 e. The minimum atomic E-state index is -3.48. The third-order valence-corrected chi connectivity index (χ3v) is 6.96. The van der Waals surface area contributed by atoms with Gasteiger partial charge in [0.2, 0.25) is 10.0 Å². The maximum Gasteiger partial charge on any atom is 0.303 e. The highest BCUT2D eigenvalue weighted by atomic mass is 32.2. The molecular formula is C22H23N3O6S. The fraction of sp³-hybridized carbons (Fsp3) is 0.318. The van der Waals surface area contributed by atoms with E-state index in [1.54, 1.807) is 24.3 Å². The molecule has 10 heteroatoms. The zero-order valence-electron chi connectivity index (χ0n) is 17.4. The number of sulfonamides is 1. The molecule has 0 radical (unpaired) electrons. The number of Topliss-reactive ketones (excluding diaryl/α,β-unsaturated/α-hetero) is 1. The number of hydrogen-bond acceptors (Lipinski definition) is 5. The normalized spacial score (nSPS) is 16.6. The van der Waals surface area contributed by atoms with Crippen molar-refractivity contribution in [3.05, 3.63) is 46.3 Å². The lowest BCUT2D eigenvalue weighted by Crippen LogP contribution is -2.14. The lowest BCUT2D eigenvalue weighted by molar-refractivity contribution is -0.137. The van der Waals surface area contributed by atoms with Gasteiger partial charge < -0.3 is 15.4 Å². The molecule has 1 aliphatic carbocycles. The molecule has 4 rings (SSSR count). The van der Waals surface area contributed by atoms with Crippen LogP contribution in [0.25, 0.3) is 11.6 Å². The van der Waals surface area contributed by atoms with E-state index >= 15 is 0 Å². The SMILES string of the molecule is CCS(=O)(=O)Nc1ccc2c(c1)/C(=C/c1[nH]c3c(c1CCC(=O)O)C(=O)CCC3)C(=O)N2. The summed E-state index contributed by atoms with van der Waals surface area (Å²) >= 11 is 0. The number of hydrogen-bond donors (Lipinski definition) is 4. The molecule has 0 spiro atoms. The van der Waals surface area contributed by atoms with Crippen LogP contribution < -0.4 is 10.0 Å². The van der Waals surface area contributed by atoms with E-state index in [9.17, 15) is 22.8 Å². The van der Waals surface area contributed by atoms with Crippen molar-refractivity contribution in [1.29, 1.82) is 0 Å². The summed E-state index contributed by atoms with van der Waals surface area (Å²) in [6, 6.07) is 4.77. The summed E-state index contributed by atoms with van der Waals surface area (Å²) in [5.74, 6) is -1.45. The number of aliphatic carboxylic acids is 1. The van der Waals surface area contributed by atoms with Gasteiger partial charge in [-0.3, -0.25) is 19.1 Å². The Kier molecular flexibility index (Phi) is 5.64. The number of aryl methyl sites for hydroxylation is 1. The maximum absolute atomic E-state index is 12.7. The monoisotopic (exact) mass is 457 g/mol. The second-order valence-electron chi connectivity index (χ2n) is 7.82. The first-order chi connectivity index (χ1) is 15.2. The van der Waals surface area contributed by atoms with Crippen LogP contribution in [0.1, 0.15) is 59.1 Å². The van der Waals surface area contributed by atoms with Crippen molar-refractivity contribution in [2.45, 2.75) is 39.0 Å². The van der Waals surface area contributed by atoms with E-state index in [-0.39, 0.29) is 30.3 Å². The Labute approximate surface area is 185 Å². The number of rotatable bonds is 7. The van der Waals surface area contributed by atoms with Gasteiger partial charge in [-0.25, -0.2) is 8.42 Å². The van der Waals surface area contributed by atoms with Crippen molar-refractivity contribution >= 4 is 50.7 Å². The molecule has 168 valence electrons. The summed E-state index contributed by atoms with van der Waals surface area (Å²) in [6.07, 6.45) is 3.44. The Morgan fingerprint density at radius 3 is 2.75 bits per heavy atom. The molecule has 1 aromatic heterocycles. The predicted octanol–water partition coefficient (Wildman–Crippen LogP) is 2.81. The van der Waals surface area contributed by atoms with E-state index in [1.165, 1.54) is 6.92 Å². The summed E-state index contributed by atoms with van der Waals surface area (Å²) in [5, 5.41) is 11.9. The Bertz CT molecular complexity index is 1270. The van der Waals surface area contributed by atoms with Gasteiger partial charge in [-0.1, -0.05) is 0 Å². The highest BCUT2D eigenvalue weighted by molar-refractivity contribution is 7.92. The Morgan fingerprint density at radius 2 is 2.03 bits per heavy atom. The summed E-state index contributed by atoms with van der Waals surface area (Å²) in [4.78, 5) is 39.6. The van der Waals surface area contributed by atoms with Crippen molar-refractivity contribution in [3.63, 3.8) is 0 Å². The highest BCUT2D eigenvalue weighted by Gasteiger charge is 2.29. The molecule has 2 aromatic rings. The molecule has 0 saturated heterocycles. The van der Waals surface area contributed by atoms with Gasteiger partial charge in [0, 0.05) is 46.7 Å². The lowest BCUT2D eigenvalue weighted by Gasteiger charge is -2.11. The van der Waals surface area contributed by atoms with Crippen molar-refractivity contribution in [2.75, 3.05) is 15.8 Å². The second-order valence-corrected chi connectivity index (χ2v) is 9.83. The third-order valence-electron chi connectivity index (χ3n) is 5.66. The van der Waals surface area contributed by atoms with Crippen LogP contribution in [0.3, 0.4) is 0 Å². The number of fused-ring (bicyclic) bond motifs is 2. The number of nitrogens with one attached hydrogen (secondary N) is 3. The van der Waals surface area contributed by atoms with Crippen LogP contribution in [0.2, 0.25) is 0 Å². The van der Waals surface area contributed by atoms with Crippen LogP contribution in [0.4, 0.5) is 11.4 Å². The lowest BCUT2D eigenvalue weighted by atomic mass is 9.91. The molecule has 0 bridgehead atoms. The van der Waals surface area contributed by atoms with Crippen LogP contribution in [0.5, 0.6) is 0 Å². The molecule has 0 unspecified atom stereocenters. The summed E-state index contributed by atoms with van der Waals surface area (Å²) in [7, 11) is -3.48. The van der Waals surface area contributed by atoms with E-state index < -0.39 is 16.0 Å². The summed E-state index contributed by atoms with van der Waals surface area (Å²) in [5.41, 5.74) is 4.13. The Morgan fingerprint density at radius 1 is 1.25 bits per heavy atom. The molecular weight excluding hydrogens is 434 g/mol. The minimum Gasteiger partial charge on any atom is -0.481 e. The van der Waals surface area contributed by atoms with Gasteiger partial charge in [0.25, 0.3) is 5.91 Å². The number of aromatic nitrogens is 1. The average molecular weight is 458 g/mol. The van der Waals surface area contributed by atoms with Crippen LogP contribution in [-0.4, -0.2) is 41.9 Å². The first-order valence-corrected chi connectivity index (χ1v) is 12.0. The molecule has 9 nitrogen and oxygen atoms in total. The molecule has 2 aliphatic rings. The third kappa shape index (κ3) is 4.18. The van der Waals surface area contributed by atoms with Gasteiger partial charge in [0.15, 0.2) is 5.78 Å². The second kappa shape index (κ2) is 8.27. The summed E-state index contributed by atoms with van der Waals surface area (Å²) < 4.78 is 26.3. The largest absolute Gasteiger partial charge is 0.481 e. The number of carbonyl (C=O) groups excluding carboxylic acids is 2. The maximum atomic E-state index is 12.7. The number of amides is 1. The average Bonchev–Trinajstić information content (AvgIpc) is 3.24. The zero-order chi connectivity index (χ0) is 23.0. The summed E-state index contributed by atoms with van der Waals surface area (Å²) in [6.45, 7) is 1.53. The first kappa shape index (κ1) is 21.8. The van der Waals surface area contributed by atoms with Gasteiger partial charge in [-0.05, 0) is 56.0 Å². The van der Waals surface area contributed by atoms with Crippen LogP contribution in [0, 0.1) is 0 Å².